The maximum Gasteiger partial charge on any atom is 0.319 e. The number of fused-ring (bicyclic) bond motifs is 1. The van der Waals surface area contributed by atoms with Crippen LogP contribution in [0.4, 0.5) is 10.5 Å². The second-order valence-electron chi connectivity index (χ2n) is 5.08. The summed E-state index contributed by atoms with van der Waals surface area (Å²) in [6.45, 7) is 3.93. The number of carbonyl (C=O) groups is 1. The molecule has 1 fully saturated rings. The number of nitrogens with zero attached hydrogens (tertiary/aromatic N) is 3. The van der Waals surface area contributed by atoms with Crippen molar-refractivity contribution in [1.29, 1.82) is 0 Å². The molecule has 1 aromatic carbocycles. The normalized spacial score (nSPS) is 24.4. The van der Waals surface area contributed by atoms with E-state index in [-0.39, 0.29) is 18.1 Å². The van der Waals surface area contributed by atoms with E-state index in [1.165, 1.54) is 5.69 Å². The molecule has 1 aromatic rings. The van der Waals surface area contributed by atoms with Crippen molar-refractivity contribution in [2.24, 2.45) is 11.0 Å². The van der Waals surface area contributed by atoms with E-state index in [0.29, 0.717) is 0 Å². The van der Waals surface area contributed by atoms with Gasteiger partial charge >= 0.3 is 6.03 Å². The molecule has 0 bridgehead atoms. The van der Waals surface area contributed by atoms with Crippen LogP contribution >= 0.6 is 0 Å². The van der Waals surface area contributed by atoms with Crippen LogP contribution in [0.1, 0.15) is 6.92 Å². The highest BCUT2D eigenvalue weighted by Crippen LogP contribution is 2.32. The molecule has 2 atom stereocenters. The number of anilines is 1. The molecule has 2 amide bonds. The van der Waals surface area contributed by atoms with Crippen LogP contribution < -0.4 is 15.5 Å². The molecule has 0 aliphatic carbocycles. The average Bonchev–Trinajstić information content (AvgIpc) is 3.01. The van der Waals surface area contributed by atoms with Crippen molar-refractivity contribution in [3.05, 3.63) is 30.3 Å². The maximum absolute atomic E-state index is 11.4. The Bertz CT molecular complexity index is 530. The molecule has 0 spiro atoms. The Balaban J connectivity index is 1.78. The Kier molecular flexibility index (Phi) is 3.22. The molecule has 106 valence electrons. The lowest BCUT2D eigenvalue weighted by molar-refractivity contribution is 0.247. The lowest BCUT2D eigenvalue weighted by atomic mass is 10.1. The third kappa shape index (κ3) is 2.07. The minimum absolute atomic E-state index is 0.162. The lowest BCUT2D eigenvalue weighted by Crippen LogP contribution is -2.45. The molecule has 2 aliphatic heterocycles. The zero-order chi connectivity index (χ0) is 14.1. The highest BCUT2D eigenvalue weighted by molar-refractivity contribution is 5.99. The van der Waals surface area contributed by atoms with Gasteiger partial charge in [-0.15, -0.1) is 0 Å². The summed E-state index contributed by atoms with van der Waals surface area (Å²) < 4.78 is 0. The number of para-hydroxylation sites is 1. The molecule has 2 N–H and O–H groups in total. The van der Waals surface area contributed by atoms with Crippen LogP contribution in [-0.4, -0.2) is 43.2 Å². The van der Waals surface area contributed by atoms with E-state index >= 15 is 0 Å². The van der Waals surface area contributed by atoms with E-state index in [0.717, 1.165) is 18.9 Å². The number of urea groups is 1. The number of hydrazone groups is 1. The number of benzene rings is 1. The van der Waals surface area contributed by atoms with Crippen molar-refractivity contribution >= 4 is 17.6 Å². The Morgan fingerprint density at radius 2 is 2.05 bits per heavy atom. The number of amidine groups is 1. The van der Waals surface area contributed by atoms with Crippen molar-refractivity contribution < 1.29 is 4.79 Å². The zero-order valence-corrected chi connectivity index (χ0v) is 11.7. The lowest BCUT2D eigenvalue weighted by Gasteiger charge is -2.29. The highest BCUT2D eigenvalue weighted by Gasteiger charge is 2.43. The highest BCUT2D eigenvalue weighted by atomic mass is 16.2. The first-order valence-corrected chi connectivity index (χ1v) is 6.86. The molecular weight excluding hydrogens is 254 g/mol. The number of carbonyl (C=O) groups excluding carboxylic acids is 1. The van der Waals surface area contributed by atoms with Crippen LogP contribution in [-0.2, 0) is 0 Å². The molecule has 2 aliphatic rings. The van der Waals surface area contributed by atoms with Crippen molar-refractivity contribution in [1.82, 2.24) is 15.6 Å². The van der Waals surface area contributed by atoms with E-state index in [1.807, 2.05) is 18.2 Å². The van der Waals surface area contributed by atoms with Crippen molar-refractivity contribution in [3.63, 3.8) is 0 Å². The molecule has 0 aromatic heterocycles. The summed E-state index contributed by atoms with van der Waals surface area (Å²) in [5, 5.41) is 12.0. The van der Waals surface area contributed by atoms with Crippen LogP contribution in [0.25, 0.3) is 0 Å². The minimum Gasteiger partial charge on any atom is -0.347 e. The smallest absolute Gasteiger partial charge is 0.319 e. The molecule has 2 heterocycles. The van der Waals surface area contributed by atoms with Gasteiger partial charge in [0.2, 0.25) is 0 Å². The molecule has 6 nitrogen and oxygen atoms in total. The summed E-state index contributed by atoms with van der Waals surface area (Å²) in [7, 11) is 1.60. The largest absolute Gasteiger partial charge is 0.347 e. The van der Waals surface area contributed by atoms with Gasteiger partial charge in [-0.3, -0.25) is 10.3 Å². The fourth-order valence-corrected chi connectivity index (χ4v) is 2.86. The number of rotatable bonds is 1. The summed E-state index contributed by atoms with van der Waals surface area (Å²) >= 11 is 0. The summed E-state index contributed by atoms with van der Waals surface area (Å²) in [5.74, 6) is 0.894. The predicted molar refractivity (Wildman–Crippen MR) is 78.5 cm³/mol. The van der Waals surface area contributed by atoms with Gasteiger partial charge in [0.05, 0.1) is 12.5 Å². The van der Waals surface area contributed by atoms with E-state index < -0.39 is 0 Å². The molecular formula is C14H19N5O. The van der Waals surface area contributed by atoms with E-state index in [4.69, 9.17) is 0 Å². The van der Waals surface area contributed by atoms with Crippen LogP contribution in [0.2, 0.25) is 0 Å². The standard InChI is InChI=1S/C14H19N5O/c1-10-12(16-14(20)15-2)17-19-9-8-18(13(10)19)11-6-4-3-5-7-11/h3-7,10,13H,8-9H2,1-2H3,(H2,15,16,17,20). The monoisotopic (exact) mass is 273 g/mol. The molecule has 0 saturated carbocycles. The third-order valence-corrected chi connectivity index (χ3v) is 3.87. The van der Waals surface area contributed by atoms with Gasteiger partial charge in [0.15, 0.2) is 0 Å². The Labute approximate surface area is 118 Å². The molecule has 20 heavy (non-hydrogen) atoms. The summed E-state index contributed by atoms with van der Waals surface area (Å²) in [5.41, 5.74) is 1.20. The topological polar surface area (TPSA) is 60.0 Å². The van der Waals surface area contributed by atoms with Gasteiger partial charge in [0, 0.05) is 19.3 Å². The molecule has 0 radical (unpaired) electrons. The number of hydrogen-bond acceptors (Lipinski definition) is 4. The van der Waals surface area contributed by atoms with Crippen molar-refractivity contribution in [3.8, 4) is 0 Å². The van der Waals surface area contributed by atoms with Crippen molar-refractivity contribution in [2.45, 2.75) is 13.1 Å². The minimum atomic E-state index is -0.219. The van der Waals surface area contributed by atoms with Gasteiger partial charge in [0.25, 0.3) is 0 Å². The van der Waals surface area contributed by atoms with Gasteiger partial charge in [-0.2, -0.15) is 5.10 Å². The third-order valence-electron chi connectivity index (χ3n) is 3.87. The van der Waals surface area contributed by atoms with Crippen LogP contribution in [0.5, 0.6) is 0 Å². The van der Waals surface area contributed by atoms with E-state index in [1.54, 1.807) is 7.05 Å². The van der Waals surface area contributed by atoms with Crippen LogP contribution in [0.15, 0.2) is 35.4 Å². The number of hydrogen-bond donors (Lipinski definition) is 2. The SMILES string of the molecule is CNC(=O)NC1=NN2CCN(c3ccccc3)C2C1C. The van der Waals surface area contributed by atoms with Gasteiger partial charge < -0.3 is 10.2 Å². The zero-order valence-electron chi connectivity index (χ0n) is 11.7. The molecule has 2 unspecified atom stereocenters. The van der Waals surface area contributed by atoms with Crippen LogP contribution in [0, 0.1) is 5.92 Å². The van der Waals surface area contributed by atoms with Gasteiger partial charge in [-0.05, 0) is 12.1 Å². The van der Waals surface area contributed by atoms with Gasteiger partial charge in [-0.25, -0.2) is 4.79 Å². The van der Waals surface area contributed by atoms with E-state index in [2.05, 4.69) is 44.7 Å². The van der Waals surface area contributed by atoms with Crippen LogP contribution in [0.3, 0.4) is 0 Å². The second kappa shape index (κ2) is 5.03. The van der Waals surface area contributed by atoms with Gasteiger partial charge in [-0.1, -0.05) is 25.1 Å². The first kappa shape index (κ1) is 12.8. The summed E-state index contributed by atoms with van der Waals surface area (Å²) in [6, 6.07) is 10.1. The Morgan fingerprint density at radius 1 is 1.30 bits per heavy atom. The number of nitrogens with one attached hydrogen (secondary N) is 2. The first-order valence-electron chi connectivity index (χ1n) is 6.86. The van der Waals surface area contributed by atoms with E-state index in [9.17, 15) is 4.79 Å². The van der Waals surface area contributed by atoms with Crippen molar-refractivity contribution in [2.75, 3.05) is 25.0 Å². The maximum atomic E-state index is 11.4. The average molecular weight is 273 g/mol. The summed E-state index contributed by atoms with van der Waals surface area (Å²) in [6.07, 6.45) is 0.185. The Hall–Kier alpha value is -2.24. The summed E-state index contributed by atoms with van der Waals surface area (Å²) in [4.78, 5) is 13.8. The molecule has 3 rings (SSSR count). The first-order chi connectivity index (χ1) is 9.70. The Morgan fingerprint density at radius 3 is 2.75 bits per heavy atom. The van der Waals surface area contributed by atoms with Gasteiger partial charge in [0.1, 0.15) is 12.0 Å². The fourth-order valence-electron chi connectivity index (χ4n) is 2.86. The molecule has 6 heteroatoms. The predicted octanol–water partition coefficient (Wildman–Crippen LogP) is 1.03. The quantitative estimate of drug-likeness (QED) is 0.803. The number of amides is 2. The second-order valence-corrected chi connectivity index (χ2v) is 5.08. The fraction of sp³-hybridized carbons (Fsp3) is 0.429. The molecule has 1 saturated heterocycles.